The predicted molar refractivity (Wildman–Crippen MR) is 143 cm³/mol. The number of aliphatic hydroxyl groups is 5. The van der Waals surface area contributed by atoms with Gasteiger partial charge in [0.2, 0.25) is 5.91 Å². The van der Waals surface area contributed by atoms with Gasteiger partial charge in [-0.15, -0.1) is 0 Å². The maximum Gasteiger partial charge on any atom is 0.220 e. The number of rotatable bonds is 21. The molecule has 0 aromatic heterocycles. The fraction of sp³-hybridized carbons (Fsp3) is 0.893. The molecule has 9 heteroatoms. The van der Waals surface area contributed by atoms with Crippen molar-refractivity contribution in [3.05, 3.63) is 12.2 Å². The molecule has 0 aromatic carbocycles. The summed E-state index contributed by atoms with van der Waals surface area (Å²) in [5, 5.41) is 53.2. The van der Waals surface area contributed by atoms with Gasteiger partial charge in [0.1, 0.15) is 24.4 Å². The zero-order valence-corrected chi connectivity index (χ0v) is 23.0. The third kappa shape index (κ3) is 14.0. The third-order valence-corrected chi connectivity index (χ3v) is 6.86. The van der Waals surface area contributed by atoms with E-state index in [0.717, 1.165) is 44.9 Å². The van der Waals surface area contributed by atoms with Crippen molar-refractivity contribution in [3.63, 3.8) is 0 Å². The topological polar surface area (TPSA) is 149 Å². The lowest BCUT2D eigenvalue weighted by molar-refractivity contribution is -0.302. The van der Waals surface area contributed by atoms with Gasteiger partial charge in [-0.3, -0.25) is 4.79 Å². The first-order valence-corrected chi connectivity index (χ1v) is 14.4. The number of amides is 1. The van der Waals surface area contributed by atoms with Crippen LogP contribution in [0.3, 0.4) is 0 Å². The molecule has 1 fully saturated rings. The van der Waals surface area contributed by atoms with Gasteiger partial charge in [0, 0.05) is 6.42 Å². The standard InChI is InChI=1S/C28H53NO8/c1-3-5-7-9-11-12-13-15-17-22(31)21(29-24(32)18-16-14-10-8-6-4-2)20-36-28-27(35)26(34)25(33)23(19-30)37-28/h15,17,21-23,25-28,30-31,33-35H,3-14,16,18-20H2,1-2H3,(H,29,32)/b17-15+. The second-order valence-electron chi connectivity index (χ2n) is 10.2. The predicted octanol–water partition coefficient (Wildman–Crippen LogP) is 2.71. The summed E-state index contributed by atoms with van der Waals surface area (Å²) in [6, 6.07) is -0.791. The smallest absolute Gasteiger partial charge is 0.220 e. The van der Waals surface area contributed by atoms with Crippen molar-refractivity contribution >= 4 is 5.91 Å². The number of ether oxygens (including phenoxy) is 2. The first kappa shape index (κ1) is 34.0. The minimum Gasteiger partial charge on any atom is -0.394 e. The van der Waals surface area contributed by atoms with Crippen LogP contribution in [0.15, 0.2) is 12.2 Å². The summed E-state index contributed by atoms with van der Waals surface area (Å²) < 4.78 is 11.0. The van der Waals surface area contributed by atoms with Crippen LogP contribution in [0.5, 0.6) is 0 Å². The van der Waals surface area contributed by atoms with Crippen molar-refractivity contribution < 1.29 is 39.8 Å². The van der Waals surface area contributed by atoms with Crippen molar-refractivity contribution in [2.75, 3.05) is 13.2 Å². The number of hydrogen-bond donors (Lipinski definition) is 6. The molecule has 1 rings (SSSR count). The highest BCUT2D eigenvalue weighted by Crippen LogP contribution is 2.22. The summed E-state index contributed by atoms with van der Waals surface area (Å²) in [4.78, 5) is 12.6. The summed E-state index contributed by atoms with van der Waals surface area (Å²) in [6.45, 7) is 3.60. The molecule has 0 aromatic rings. The number of carbonyl (C=O) groups is 1. The molecule has 0 bridgehead atoms. The summed E-state index contributed by atoms with van der Waals surface area (Å²) in [5.74, 6) is -0.193. The molecule has 218 valence electrons. The van der Waals surface area contributed by atoms with E-state index in [1.165, 1.54) is 38.5 Å². The largest absolute Gasteiger partial charge is 0.394 e. The Kier molecular flexibility index (Phi) is 19.1. The Morgan fingerprint density at radius 3 is 2.11 bits per heavy atom. The number of hydrogen-bond acceptors (Lipinski definition) is 8. The van der Waals surface area contributed by atoms with Crippen LogP contribution in [0.1, 0.15) is 104 Å². The lowest BCUT2D eigenvalue weighted by Crippen LogP contribution is -2.60. The van der Waals surface area contributed by atoms with Gasteiger partial charge >= 0.3 is 0 Å². The fourth-order valence-electron chi connectivity index (χ4n) is 4.39. The Morgan fingerprint density at radius 1 is 0.892 bits per heavy atom. The molecule has 37 heavy (non-hydrogen) atoms. The van der Waals surface area contributed by atoms with Gasteiger partial charge < -0.3 is 40.3 Å². The minimum absolute atomic E-state index is 0.187. The van der Waals surface area contributed by atoms with E-state index in [2.05, 4.69) is 19.2 Å². The first-order valence-electron chi connectivity index (χ1n) is 14.4. The number of unbranched alkanes of at least 4 members (excludes halogenated alkanes) is 11. The summed E-state index contributed by atoms with van der Waals surface area (Å²) in [7, 11) is 0. The molecule has 1 heterocycles. The highest BCUT2D eigenvalue weighted by atomic mass is 16.7. The van der Waals surface area contributed by atoms with Crippen LogP contribution >= 0.6 is 0 Å². The average molecular weight is 532 g/mol. The molecule has 0 radical (unpaired) electrons. The summed E-state index contributed by atoms with van der Waals surface area (Å²) in [5.41, 5.74) is 0. The van der Waals surface area contributed by atoms with Crippen LogP contribution in [0, 0.1) is 0 Å². The number of aliphatic hydroxyl groups excluding tert-OH is 5. The Balaban J connectivity index is 2.63. The Labute approximate surface area is 223 Å². The van der Waals surface area contributed by atoms with Crippen molar-refractivity contribution in [2.45, 2.75) is 147 Å². The molecular formula is C28H53NO8. The summed E-state index contributed by atoms with van der Waals surface area (Å²) >= 11 is 0. The van der Waals surface area contributed by atoms with E-state index in [1.807, 2.05) is 6.08 Å². The molecule has 7 atom stereocenters. The minimum atomic E-state index is -1.56. The van der Waals surface area contributed by atoms with Crippen molar-refractivity contribution in [3.8, 4) is 0 Å². The maximum absolute atomic E-state index is 12.6. The zero-order valence-electron chi connectivity index (χ0n) is 23.0. The molecule has 0 aliphatic carbocycles. The molecule has 7 unspecified atom stereocenters. The molecule has 6 N–H and O–H groups in total. The van der Waals surface area contributed by atoms with Gasteiger partial charge in [-0.05, 0) is 19.3 Å². The number of allylic oxidation sites excluding steroid dienone is 1. The van der Waals surface area contributed by atoms with Crippen LogP contribution in [0.25, 0.3) is 0 Å². The van der Waals surface area contributed by atoms with Gasteiger partial charge in [0.15, 0.2) is 6.29 Å². The van der Waals surface area contributed by atoms with Crippen molar-refractivity contribution in [1.29, 1.82) is 0 Å². The molecule has 0 saturated carbocycles. The van der Waals surface area contributed by atoms with Crippen molar-refractivity contribution in [2.24, 2.45) is 0 Å². The van der Waals surface area contributed by atoms with Crippen LogP contribution in [-0.2, 0) is 14.3 Å². The third-order valence-electron chi connectivity index (χ3n) is 6.86. The molecule has 1 aliphatic rings. The van der Waals surface area contributed by atoms with Gasteiger partial charge in [0.05, 0.1) is 25.4 Å². The highest BCUT2D eigenvalue weighted by molar-refractivity contribution is 5.76. The van der Waals surface area contributed by atoms with Crippen LogP contribution in [0.2, 0.25) is 0 Å². The van der Waals surface area contributed by atoms with E-state index in [1.54, 1.807) is 6.08 Å². The first-order chi connectivity index (χ1) is 17.8. The van der Waals surface area contributed by atoms with E-state index in [-0.39, 0.29) is 12.5 Å². The quantitative estimate of drug-likeness (QED) is 0.0978. The molecule has 9 nitrogen and oxygen atoms in total. The Bertz CT molecular complexity index is 603. The number of carbonyl (C=O) groups excluding carboxylic acids is 1. The lowest BCUT2D eigenvalue weighted by atomic mass is 9.99. The van der Waals surface area contributed by atoms with E-state index in [4.69, 9.17) is 9.47 Å². The Morgan fingerprint density at radius 2 is 1.49 bits per heavy atom. The van der Waals surface area contributed by atoms with Crippen LogP contribution < -0.4 is 5.32 Å². The molecule has 1 aliphatic heterocycles. The SMILES string of the molecule is CCCCCCCC/C=C/C(O)C(COC1OC(CO)C(O)C(O)C1O)NC(=O)CCCCCCCC. The second kappa shape index (κ2) is 20.8. The average Bonchev–Trinajstić information content (AvgIpc) is 2.89. The van der Waals surface area contributed by atoms with Gasteiger partial charge in [-0.1, -0.05) is 90.2 Å². The molecule has 1 amide bonds. The summed E-state index contributed by atoms with van der Waals surface area (Å²) in [6.07, 6.45) is 10.1. The second-order valence-corrected chi connectivity index (χ2v) is 10.2. The van der Waals surface area contributed by atoms with E-state index in [0.29, 0.717) is 6.42 Å². The highest BCUT2D eigenvalue weighted by Gasteiger charge is 2.44. The van der Waals surface area contributed by atoms with E-state index < -0.39 is 49.5 Å². The monoisotopic (exact) mass is 531 g/mol. The Hall–Kier alpha value is -1.07. The van der Waals surface area contributed by atoms with Gasteiger partial charge in [-0.25, -0.2) is 0 Å². The van der Waals surface area contributed by atoms with Gasteiger partial charge in [-0.2, -0.15) is 0 Å². The molecule has 0 spiro atoms. The fourth-order valence-corrected chi connectivity index (χ4v) is 4.39. The van der Waals surface area contributed by atoms with Crippen LogP contribution in [-0.4, -0.2) is 87.5 Å². The van der Waals surface area contributed by atoms with Crippen molar-refractivity contribution in [1.82, 2.24) is 5.32 Å². The molecular weight excluding hydrogens is 478 g/mol. The normalized spacial score (nSPS) is 25.9. The maximum atomic E-state index is 12.6. The molecule has 1 saturated heterocycles. The lowest BCUT2D eigenvalue weighted by Gasteiger charge is -2.40. The number of nitrogens with one attached hydrogen (secondary N) is 1. The van der Waals surface area contributed by atoms with Gasteiger partial charge in [0.25, 0.3) is 0 Å². The van der Waals surface area contributed by atoms with Crippen LogP contribution in [0.4, 0.5) is 0 Å². The zero-order chi connectivity index (χ0) is 27.5. The van der Waals surface area contributed by atoms with E-state index >= 15 is 0 Å². The van der Waals surface area contributed by atoms with E-state index in [9.17, 15) is 30.3 Å².